The number of thioether (sulfide) groups is 1. The SMILES string of the molecule is COc1ccc(NC(=O)Nc2nnc(SCC(=O)Nc3cccc(C)c3)s2)cc1. The highest BCUT2D eigenvalue weighted by Crippen LogP contribution is 2.26. The van der Waals surface area contributed by atoms with Crippen LogP contribution in [0, 0.1) is 6.92 Å². The molecule has 0 saturated carbocycles. The molecular formula is C19H19N5O3S2. The number of hydrogen-bond acceptors (Lipinski definition) is 7. The second kappa shape index (κ2) is 9.89. The van der Waals surface area contributed by atoms with Gasteiger partial charge in [-0.15, -0.1) is 10.2 Å². The number of nitrogens with zero attached hydrogens (tertiary/aromatic N) is 2. The molecule has 0 spiro atoms. The number of rotatable bonds is 7. The van der Waals surface area contributed by atoms with E-state index < -0.39 is 6.03 Å². The van der Waals surface area contributed by atoms with E-state index in [9.17, 15) is 9.59 Å². The maximum atomic E-state index is 12.1. The quantitative estimate of drug-likeness (QED) is 0.383. The third-order valence-electron chi connectivity index (χ3n) is 3.60. The van der Waals surface area contributed by atoms with Crippen molar-refractivity contribution in [2.75, 3.05) is 28.8 Å². The Labute approximate surface area is 176 Å². The molecule has 0 saturated heterocycles. The molecule has 0 radical (unpaired) electrons. The first kappa shape index (κ1) is 20.6. The van der Waals surface area contributed by atoms with Crippen molar-refractivity contribution in [2.45, 2.75) is 11.3 Å². The van der Waals surface area contributed by atoms with Crippen molar-refractivity contribution in [1.82, 2.24) is 10.2 Å². The summed E-state index contributed by atoms with van der Waals surface area (Å²) < 4.78 is 5.66. The Hall–Kier alpha value is -3.11. The molecule has 2 aromatic carbocycles. The van der Waals surface area contributed by atoms with Gasteiger partial charge in [-0.25, -0.2) is 4.79 Å². The number of ether oxygens (including phenoxy) is 1. The number of methoxy groups -OCH3 is 1. The molecule has 0 fully saturated rings. The number of anilines is 3. The van der Waals surface area contributed by atoms with Gasteiger partial charge >= 0.3 is 6.03 Å². The summed E-state index contributed by atoms with van der Waals surface area (Å²) >= 11 is 2.45. The molecular weight excluding hydrogens is 410 g/mol. The third-order valence-corrected chi connectivity index (χ3v) is 5.58. The molecule has 29 heavy (non-hydrogen) atoms. The zero-order valence-electron chi connectivity index (χ0n) is 15.8. The lowest BCUT2D eigenvalue weighted by Gasteiger charge is -2.06. The van der Waals surface area contributed by atoms with E-state index in [1.54, 1.807) is 31.4 Å². The summed E-state index contributed by atoms with van der Waals surface area (Å²) in [6.07, 6.45) is 0. The van der Waals surface area contributed by atoms with Gasteiger partial charge in [-0.05, 0) is 48.9 Å². The zero-order valence-corrected chi connectivity index (χ0v) is 17.4. The smallest absolute Gasteiger partial charge is 0.325 e. The van der Waals surface area contributed by atoms with Gasteiger partial charge in [0.2, 0.25) is 11.0 Å². The van der Waals surface area contributed by atoms with Crippen molar-refractivity contribution >= 4 is 51.5 Å². The van der Waals surface area contributed by atoms with Gasteiger partial charge < -0.3 is 15.4 Å². The number of carbonyl (C=O) groups is 2. The molecule has 0 aliphatic carbocycles. The molecule has 0 bridgehead atoms. The molecule has 1 heterocycles. The number of carbonyl (C=O) groups excluding carboxylic acids is 2. The molecule has 8 nitrogen and oxygen atoms in total. The maximum absolute atomic E-state index is 12.1. The van der Waals surface area contributed by atoms with Crippen molar-refractivity contribution in [3.63, 3.8) is 0 Å². The Kier molecular flexibility index (Phi) is 7.04. The van der Waals surface area contributed by atoms with Crippen molar-refractivity contribution in [1.29, 1.82) is 0 Å². The van der Waals surface area contributed by atoms with Crippen LogP contribution in [-0.4, -0.2) is 35.0 Å². The van der Waals surface area contributed by atoms with Crippen LogP contribution >= 0.6 is 23.1 Å². The van der Waals surface area contributed by atoms with E-state index in [4.69, 9.17) is 4.74 Å². The topological polar surface area (TPSA) is 105 Å². The number of hydrogen-bond donors (Lipinski definition) is 3. The van der Waals surface area contributed by atoms with Crippen LogP contribution in [0.2, 0.25) is 0 Å². The average Bonchev–Trinajstić information content (AvgIpc) is 3.14. The minimum atomic E-state index is -0.431. The lowest BCUT2D eigenvalue weighted by molar-refractivity contribution is -0.113. The number of benzene rings is 2. The van der Waals surface area contributed by atoms with E-state index >= 15 is 0 Å². The second-order valence-corrected chi connectivity index (χ2v) is 8.09. The standard InChI is InChI=1S/C19H19N5O3S2/c1-12-4-3-5-14(10-12)20-16(25)11-28-19-24-23-18(29-19)22-17(26)21-13-6-8-15(27-2)9-7-13/h3-10H,11H2,1-2H3,(H,20,25)(H2,21,22,23,26). The molecule has 150 valence electrons. The maximum Gasteiger partial charge on any atom is 0.325 e. The summed E-state index contributed by atoms with van der Waals surface area (Å²) in [6, 6.07) is 14.1. The molecule has 0 aliphatic heterocycles. The molecule has 0 unspecified atom stereocenters. The van der Waals surface area contributed by atoms with Gasteiger partial charge in [-0.3, -0.25) is 10.1 Å². The van der Waals surface area contributed by atoms with Crippen molar-refractivity contribution in [2.24, 2.45) is 0 Å². The van der Waals surface area contributed by atoms with Crippen LogP contribution in [0.15, 0.2) is 52.9 Å². The molecule has 3 amide bonds. The fourth-order valence-corrected chi connectivity index (χ4v) is 3.85. The molecule has 0 atom stereocenters. The van der Waals surface area contributed by atoms with Gasteiger partial charge in [-0.1, -0.05) is 35.2 Å². The molecule has 1 aromatic heterocycles. The first-order valence-corrected chi connectivity index (χ1v) is 10.4. The van der Waals surface area contributed by atoms with Gasteiger partial charge in [-0.2, -0.15) is 0 Å². The Morgan fingerprint density at radius 3 is 2.55 bits per heavy atom. The summed E-state index contributed by atoms with van der Waals surface area (Å²) in [6.45, 7) is 1.96. The normalized spacial score (nSPS) is 10.3. The van der Waals surface area contributed by atoms with Crippen molar-refractivity contribution < 1.29 is 14.3 Å². The predicted octanol–water partition coefficient (Wildman–Crippen LogP) is 4.23. The number of urea groups is 1. The largest absolute Gasteiger partial charge is 0.497 e. The minimum Gasteiger partial charge on any atom is -0.497 e. The predicted molar refractivity (Wildman–Crippen MR) is 116 cm³/mol. The number of nitrogens with one attached hydrogen (secondary N) is 3. The van der Waals surface area contributed by atoms with Crippen LogP contribution in [0.25, 0.3) is 0 Å². The van der Waals surface area contributed by atoms with Gasteiger partial charge in [0.25, 0.3) is 0 Å². The molecule has 3 rings (SSSR count). The van der Waals surface area contributed by atoms with E-state index in [2.05, 4.69) is 26.1 Å². The Morgan fingerprint density at radius 1 is 1.03 bits per heavy atom. The Bertz CT molecular complexity index is 992. The first-order chi connectivity index (χ1) is 14.0. The third kappa shape index (κ3) is 6.47. The van der Waals surface area contributed by atoms with E-state index in [1.807, 2.05) is 31.2 Å². The summed E-state index contributed by atoms with van der Waals surface area (Å²) in [4.78, 5) is 24.1. The van der Waals surface area contributed by atoms with E-state index in [0.717, 1.165) is 11.3 Å². The number of amides is 3. The highest BCUT2D eigenvalue weighted by molar-refractivity contribution is 8.01. The zero-order chi connectivity index (χ0) is 20.6. The lowest BCUT2D eigenvalue weighted by Crippen LogP contribution is -2.19. The van der Waals surface area contributed by atoms with Gasteiger partial charge in [0, 0.05) is 11.4 Å². The highest BCUT2D eigenvalue weighted by atomic mass is 32.2. The highest BCUT2D eigenvalue weighted by Gasteiger charge is 2.11. The van der Waals surface area contributed by atoms with Crippen LogP contribution in [0.5, 0.6) is 5.75 Å². The van der Waals surface area contributed by atoms with E-state index in [1.165, 1.54) is 23.1 Å². The molecule has 10 heteroatoms. The summed E-state index contributed by atoms with van der Waals surface area (Å²) in [5.74, 6) is 0.761. The van der Waals surface area contributed by atoms with E-state index in [0.29, 0.717) is 20.9 Å². The van der Waals surface area contributed by atoms with Gasteiger partial charge in [0.15, 0.2) is 4.34 Å². The second-order valence-electron chi connectivity index (χ2n) is 5.89. The van der Waals surface area contributed by atoms with Gasteiger partial charge in [0.05, 0.1) is 12.9 Å². The summed E-state index contributed by atoms with van der Waals surface area (Å²) in [7, 11) is 1.58. The first-order valence-electron chi connectivity index (χ1n) is 8.57. The monoisotopic (exact) mass is 429 g/mol. The Morgan fingerprint density at radius 2 is 1.83 bits per heavy atom. The summed E-state index contributed by atoms with van der Waals surface area (Å²) in [5, 5.41) is 16.4. The van der Waals surface area contributed by atoms with E-state index in [-0.39, 0.29) is 11.7 Å². The fraction of sp³-hybridized carbons (Fsp3) is 0.158. The number of aryl methyl sites for hydroxylation is 1. The lowest BCUT2D eigenvalue weighted by atomic mass is 10.2. The van der Waals surface area contributed by atoms with Crippen LogP contribution in [0.4, 0.5) is 21.3 Å². The van der Waals surface area contributed by atoms with Crippen LogP contribution < -0.4 is 20.7 Å². The fourth-order valence-electron chi connectivity index (χ4n) is 2.30. The van der Waals surface area contributed by atoms with Crippen molar-refractivity contribution in [3.05, 3.63) is 54.1 Å². The number of aromatic nitrogens is 2. The molecule has 0 aliphatic rings. The van der Waals surface area contributed by atoms with Crippen LogP contribution in [0.1, 0.15) is 5.56 Å². The van der Waals surface area contributed by atoms with Crippen LogP contribution in [0.3, 0.4) is 0 Å². The van der Waals surface area contributed by atoms with Crippen LogP contribution in [-0.2, 0) is 4.79 Å². The molecule has 3 aromatic rings. The Balaban J connectivity index is 1.46. The molecule has 3 N–H and O–H groups in total. The van der Waals surface area contributed by atoms with Crippen molar-refractivity contribution in [3.8, 4) is 5.75 Å². The minimum absolute atomic E-state index is 0.137. The average molecular weight is 430 g/mol. The summed E-state index contributed by atoms with van der Waals surface area (Å²) in [5.41, 5.74) is 2.45. The van der Waals surface area contributed by atoms with Gasteiger partial charge in [0.1, 0.15) is 5.75 Å².